The summed E-state index contributed by atoms with van der Waals surface area (Å²) in [7, 11) is 0. The number of rotatable bonds is 5. The number of primary amides is 1. The van der Waals surface area contributed by atoms with E-state index in [1.807, 2.05) is 6.07 Å². The second-order valence-corrected chi connectivity index (χ2v) is 8.98. The van der Waals surface area contributed by atoms with Crippen molar-refractivity contribution >= 4 is 5.91 Å². The summed E-state index contributed by atoms with van der Waals surface area (Å²) in [4.78, 5) is 12.4. The van der Waals surface area contributed by atoms with E-state index in [1.54, 1.807) is 0 Å². The van der Waals surface area contributed by atoms with E-state index in [1.165, 1.54) is 12.0 Å². The zero-order chi connectivity index (χ0) is 17.8. The summed E-state index contributed by atoms with van der Waals surface area (Å²) in [5, 5.41) is 15.2. The van der Waals surface area contributed by atoms with Gasteiger partial charge in [0.2, 0.25) is 5.91 Å². The molecule has 6 heteroatoms. The van der Waals surface area contributed by atoms with Gasteiger partial charge in [-0.3, -0.25) is 4.79 Å². The van der Waals surface area contributed by atoms with E-state index in [0.717, 1.165) is 44.3 Å². The van der Waals surface area contributed by atoms with Crippen LogP contribution in [0.1, 0.15) is 55.8 Å². The van der Waals surface area contributed by atoms with Crippen molar-refractivity contribution < 1.29 is 4.79 Å². The van der Waals surface area contributed by atoms with Crippen molar-refractivity contribution in [2.75, 3.05) is 0 Å². The average molecular weight is 351 g/mol. The Bertz CT molecular complexity index is 789. The first-order valence-corrected chi connectivity index (χ1v) is 9.66. The fourth-order valence-electron chi connectivity index (χ4n) is 6.78. The van der Waals surface area contributed by atoms with Gasteiger partial charge in [0.25, 0.3) is 0 Å². The zero-order valence-corrected chi connectivity index (χ0v) is 14.9. The quantitative estimate of drug-likeness (QED) is 0.865. The molecule has 3 unspecified atom stereocenters. The van der Waals surface area contributed by atoms with Gasteiger partial charge in [-0.15, -0.1) is 10.2 Å². The number of hydrogen-bond acceptors (Lipinski definition) is 4. The van der Waals surface area contributed by atoms with Crippen molar-refractivity contribution in [3.05, 3.63) is 41.7 Å². The lowest BCUT2D eigenvalue weighted by Crippen LogP contribution is -2.58. The van der Waals surface area contributed by atoms with Crippen LogP contribution in [0.3, 0.4) is 0 Å². The predicted molar refractivity (Wildman–Crippen MR) is 95.8 cm³/mol. The summed E-state index contributed by atoms with van der Waals surface area (Å²) in [5.74, 6) is 2.08. The fourth-order valence-corrected chi connectivity index (χ4v) is 6.78. The highest BCUT2D eigenvalue weighted by molar-refractivity contribution is 5.81. The molecule has 6 rings (SSSR count). The van der Waals surface area contributed by atoms with Gasteiger partial charge in [0, 0.05) is 5.92 Å². The molecule has 0 radical (unpaired) electrons. The average Bonchev–Trinajstić information content (AvgIpc) is 3.13. The molecule has 4 aliphatic carbocycles. The number of nitrogens with zero attached hydrogens (tertiary/aromatic N) is 3. The second kappa shape index (κ2) is 5.63. The molecule has 26 heavy (non-hydrogen) atoms. The summed E-state index contributed by atoms with van der Waals surface area (Å²) in [6.07, 6.45) is 7.29. The van der Waals surface area contributed by atoms with E-state index in [2.05, 4.69) is 44.9 Å². The molecular formula is C20H25N5O. The lowest BCUT2D eigenvalue weighted by Gasteiger charge is -2.62. The molecular weight excluding hydrogens is 326 g/mol. The molecule has 0 saturated heterocycles. The molecule has 1 heterocycles. The van der Waals surface area contributed by atoms with Crippen LogP contribution in [-0.2, 0) is 11.2 Å². The van der Waals surface area contributed by atoms with Gasteiger partial charge >= 0.3 is 0 Å². The third-order valence-corrected chi connectivity index (χ3v) is 7.32. The molecule has 3 N–H and O–H groups in total. The van der Waals surface area contributed by atoms with Gasteiger partial charge in [-0.2, -0.15) is 5.21 Å². The SMILES string of the molecule is NC(=O)C12CC3CC(C1)CC(C(Cc1ccccc1)c1nn[nH]n1)(C3)C2. The number of carbonyl (C=O) groups is 1. The topological polar surface area (TPSA) is 97.5 Å². The molecule has 1 aromatic heterocycles. The number of aromatic nitrogens is 4. The van der Waals surface area contributed by atoms with Crippen LogP contribution >= 0.6 is 0 Å². The lowest BCUT2D eigenvalue weighted by molar-refractivity contribution is -0.158. The van der Waals surface area contributed by atoms with Gasteiger partial charge in [0.1, 0.15) is 0 Å². The van der Waals surface area contributed by atoms with Gasteiger partial charge < -0.3 is 5.73 Å². The number of carbonyl (C=O) groups excluding carboxylic acids is 1. The van der Waals surface area contributed by atoms with Crippen molar-refractivity contribution in [2.24, 2.45) is 28.4 Å². The number of nitrogens with one attached hydrogen (secondary N) is 1. The lowest BCUT2D eigenvalue weighted by atomic mass is 9.41. The largest absolute Gasteiger partial charge is 0.369 e. The highest BCUT2D eigenvalue weighted by Crippen LogP contribution is 2.68. The molecule has 0 spiro atoms. The van der Waals surface area contributed by atoms with E-state index >= 15 is 0 Å². The van der Waals surface area contributed by atoms with Crippen LogP contribution in [0.5, 0.6) is 0 Å². The van der Waals surface area contributed by atoms with Gasteiger partial charge in [0.15, 0.2) is 5.82 Å². The summed E-state index contributed by atoms with van der Waals surface area (Å²) in [6, 6.07) is 10.5. The molecule has 0 aliphatic heterocycles. The smallest absolute Gasteiger partial charge is 0.223 e. The third-order valence-electron chi connectivity index (χ3n) is 7.32. The van der Waals surface area contributed by atoms with Crippen molar-refractivity contribution in [1.29, 1.82) is 0 Å². The van der Waals surface area contributed by atoms with Crippen LogP contribution < -0.4 is 5.73 Å². The highest BCUT2D eigenvalue weighted by Gasteiger charge is 2.62. The minimum atomic E-state index is -0.317. The Kier molecular flexibility index (Phi) is 3.46. The number of aromatic amines is 1. The van der Waals surface area contributed by atoms with Gasteiger partial charge in [-0.25, -0.2) is 0 Å². The Hall–Kier alpha value is -2.24. The fraction of sp³-hybridized carbons (Fsp3) is 0.600. The first-order valence-electron chi connectivity index (χ1n) is 9.66. The first-order chi connectivity index (χ1) is 12.6. The van der Waals surface area contributed by atoms with Crippen molar-refractivity contribution in [1.82, 2.24) is 20.6 Å². The number of nitrogens with two attached hydrogens (primary N) is 1. The Morgan fingerprint density at radius 2 is 1.92 bits per heavy atom. The van der Waals surface area contributed by atoms with Crippen molar-refractivity contribution in [2.45, 2.75) is 50.9 Å². The summed E-state index contributed by atoms with van der Waals surface area (Å²) >= 11 is 0. The monoisotopic (exact) mass is 351 g/mol. The molecule has 136 valence electrons. The van der Waals surface area contributed by atoms with E-state index in [0.29, 0.717) is 11.8 Å². The van der Waals surface area contributed by atoms with Crippen LogP contribution in [0.15, 0.2) is 30.3 Å². The van der Waals surface area contributed by atoms with Crippen LogP contribution in [0, 0.1) is 22.7 Å². The Labute approximate surface area is 152 Å². The molecule has 4 bridgehead atoms. The molecule has 2 aromatic rings. The molecule has 6 nitrogen and oxygen atoms in total. The van der Waals surface area contributed by atoms with E-state index in [9.17, 15) is 4.79 Å². The maximum Gasteiger partial charge on any atom is 0.223 e. The first kappa shape index (κ1) is 16.0. The maximum absolute atomic E-state index is 12.4. The minimum Gasteiger partial charge on any atom is -0.369 e. The minimum absolute atomic E-state index is 0.0544. The van der Waals surface area contributed by atoms with Crippen LogP contribution in [0.25, 0.3) is 0 Å². The number of H-pyrrole nitrogens is 1. The number of amides is 1. The van der Waals surface area contributed by atoms with Gasteiger partial charge in [-0.05, 0) is 67.8 Å². The van der Waals surface area contributed by atoms with Crippen LogP contribution in [0.2, 0.25) is 0 Å². The molecule has 3 atom stereocenters. The Balaban J connectivity index is 1.56. The summed E-state index contributed by atoms with van der Waals surface area (Å²) < 4.78 is 0. The van der Waals surface area contributed by atoms with Crippen molar-refractivity contribution in [3.63, 3.8) is 0 Å². The van der Waals surface area contributed by atoms with Gasteiger partial charge in [0.05, 0.1) is 5.41 Å². The number of hydrogen-bond donors (Lipinski definition) is 2. The molecule has 4 saturated carbocycles. The Morgan fingerprint density at radius 3 is 2.54 bits per heavy atom. The summed E-state index contributed by atoms with van der Waals surface area (Å²) in [6.45, 7) is 0. The standard InChI is InChI=1S/C20H25N5O/c21-18(26)20-10-14-6-15(11-20)9-19(8-14,12-20)16(17-22-24-25-23-17)7-13-4-2-1-3-5-13/h1-5,14-16H,6-12H2,(H2,21,26)(H,22,23,24,25). The van der Waals surface area contributed by atoms with Crippen LogP contribution in [-0.4, -0.2) is 26.5 Å². The van der Waals surface area contributed by atoms with Crippen LogP contribution in [0.4, 0.5) is 0 Å². The molecule has 4 fully saturated rings. The normalized spacial score (nSPS) is 36.2. The molecule has 1 amide bonds. The Morgan fingerprint density at radius 1 is 1.19 bits per heavy atom. The number of benzene rings is 1. The zero-order valence-electron chi connectivity index (χ0n) is 14.9. The summed E-state index contributed by atoms with van der Waals surface area (Å²) in [5.41, 5.74) is 6.95. The maximum atomic E-state index is 12.4. The third kappa shape index (κ3) is 2.38. The second-order valence-electron chi connectivity index (χ2n) is 8.98. The van der Waals surface area contributed by atoms with Crippen molar-refractivity contribution in [3.8, 4) is 0 Å². The number of tetrazole rings is 1. The van der Waals surface area contributed by atoms with E-state index in [4.69, 9.17) is 5.73 Å². The van der Waals surface area contributed by atoms with E-state index in [-0.39, 0.29) is 22.7 Å². The predicted octanol–water partition coefficient (Wildman–Crippen LogP) is 2.60. The molecule has 4 aliphatic rings. The van der Waals surface area contributed by atoms with Gasteiger partial charge in [-0.1, -0.05) is 35.5 Å². The molecule has 1 aromatic carbocycles. The highest BCUT2D eigenvalue weighted by atomic mass is 16.1. The van der Waals surface area contributed by atoms with E-state index < -0.39 is 0 Å².